The van der Waals surface area contributed by atoms with Crippen molar-refractivity contribution in [2.45, 2.75) is 57.8 Å². The second-order valence-electron chi connectivity index (χ2n) is 8.14. The van der Waals surface area contributed by atoms with E-state index in [0.717, 1.165) is 0 Å². The Hall–Kier alpha value is -2.49. The van der Waals surface area contributed by atoms with Crippen LogP contribution >= 0.6 is 0 Å². The molecule has 0 heterocycles. The van der Waals surface area contributed by atoms with Gasteiger partial charge in [0.05, 0.1) is 19.8 Å². The molecule has 3 amide bonds. The van der Waals surface area contributed by atoms with Gasteiger partial charge in [-0.2, -0.15) is 0 Å². The number of amides is 3. The molecule has 33 heavy (non-hydrogen) atoms. The third-order valence-electron chi connectivity index (χ3n) is 6.16. The van der Waals surface area contributed by atoms with Crippen molar-refractivity contribution >= 4 is 17.7 Å². The number of hydrogen-bond donors (Lipinski definition) is 3. The molecule has 0 aromatic heterocycles. The van der Waals surface area contributed by atoms with Crippen molar-refractivity contribution in [3.63, 3.8) is 0 Å². The molecule has 0 saturated heterocycles. The van der Waals surface area contributed by atoms with E-state index in [4.69, 9.17) is 31.4 Å². The fraction of sp³-hybridized carbons (Fsp3) is 0.625. The lowest BCUT2D eigenvalue weighted by Gasteiger charge is -2.32. The van der Waals surface area contributed by atoms with Crippen molar-refractivity contribution < 1.29 is 28.6 Å². The zero-order chi connectivity index (χ0) is 25.3. The van der Waals surface area contributed by atoms with Crippen LogP contribution in [0.3, 0.4) is 0 Å². The Kier molecular flexibility index (Phi) is 11.5. The van der Waals surface area contributed by atoms with Crippen LogP contribution < -0.4 is 17.2 Å². The third kappa shape index (κ3) is 6.10. The summed E-state index contributed by atoms with van der Waals surface area (Å²) in [6.07, 6.45) is 1.64. The first kappa shape index (κ1) is 28.5. The van der Waals surface area contributed by atoms with Gasteiger partial charge in [-0.05, 0) is 36.0 Å². The number of carbonyl (C=O) groups excluding carboxylic acids is 3. The molecule has 0 aliphatic heterocycles. The average molecular weight is 466 g/mol. The lowest BCUT2D eigenvalue weighted by Crippen LogP contribution is -2.33. The summed E-state index contributed by atoms with van der Waals surface area (Å²) in [4.78, 5) is 38.8. The maximum atomic E-state index is 12.9. The van der Waals surface area contributed by atoms with E-state index < -0.39 is 17.7 Å². The Morgan fingerprint density at radius 2 is 0.788 bits per heavy atom. The van der Waals surface area contributed by atoms with E-state index in [0.29, 0.717) is 36.0 Å². The largest absolute Gasteiger partial charge is 0.384 e. The van der Waals surface area contributed by atoms with E-state index in [2.05, 4.69) is 0 Å². The van der Waals surface area contributed by atoms with Gasteiger partial charge in [-0.15, -0.1) is 0 Å². The van der Waals surface area contributed by atoms with Gasteiger partial charge in [0.25, 0.3) is 0 Å². The molecule has 9 nitrogen and oxygen atoms in total. The highest BCUT2D eigenvalue weighted by Crippen LogP contribution is 2.42. The molecule has 0 saturated carbocycles. The molecule has 3 atom stereocenters. The number of benzene rings is 1. The van der Waals surface area contributed by atoms with Crippen molar-refractivity contribution in [3.8, 4) is 0 Å². The van der Waals surface area contributed by atoms with Crippen LogP contribution in [0.15, 0.2) is 0 Å². The number of ether oxygens (including phenoxy) is 3. The fourth-order valence-electron chi connectivity index (χ4n) is 4.65. The SMILES string of the molecule is CCC(COC)c1c(C(N)=O)c(C(CC)COC)c(C(N)=O)c(C(CC)COC)c1C(N)=O. The van der Waals surface area contributed by atoms with Gasteiger partial charge in [-0.25, -0.2) is 0 Å². The second-order valence-corrected chi connectivity index (χ2v) is 8.14. The molecule has 0 aliphatic carbocycles. The third-order valence-corrected chi connectivity index (χ3v) is 6.16. The first-order valence-corrected chi connectivity index (χ1v) is 11.3. The summed E-state index contributed by atoms with van der Waals surface area (Å²) in [6.45, 7) is 6.44. The van der Waals surface area contributed by atoms with Crippen molar-refractivity contribution in [1.29, 1.82) is 0 Å². The van der Waals surface area contributed by atoms with Crippen molar-refractivity contribution in [1.82, 2.24) is 0 Å². The Balaban J connectivity index is 4.51. The molecular weight excluding hydrogens is 426 g/mol. The molecular formula is C24H39N3O6. The standard InChI is InChI=1S/C24H39N3O6/c1-7-13(10-31-4)16-19(22(25)28)17(14(8-2)11-32-5)21(24(27)30)18(20(16)23(26)29)15(9-3)12-33-6/h13-15H,7-12H2,1-6H3,(H2,25,28)(H2,26,29)(H2,27,30). The Labute approximate surface area is 196 Å². The van der Waals surface area contributed by atoms with Crippen molar-refractivity contribution in [2.75, 3.05) is 41.2 Å². The zero-order valence-corrected chi connectivity index (χ0v) is 20.7. The number of hydrogen-bond acceptors (Lipinski definition) is 6. The van der Waals surface area contributed by atoms with Crippen molar-refractivity contribution in [3.05, 3.63) is 33.4 Å². The molecule has 0 spiro atoms. The van der Waals surface area contributed by atoms with Gasteiger partial charge in [0.1, 0.15) is 0 Å². The molecule has 1 aromatic carbocycles. The predicted molar refractivity (Wildman–Crippen MR) is 127 cm³/mol. The number of rotatable bonds is 15. The molecule has 0 bridgehead atoms. The van der Waals surface area contributed by atoms with Crippen LogP contribution in [-0.4, -0.2) is 58.9 Å². The molecule has 186 valence electrons. The molecule has 0 fully saturated rings. The highest BCUT2D eigenvalue weighted by molar-refractivity contribution is 6.09. The normalized spacial score (nSPS) is 14.0. The van der Waals surface area contributed by atoms with Crippen LogP contribution in [-0.2, 0) is 14.2 Å². The van der Waals surface area contributed by atoms with E-state index in [1.165, 1.54) is 21.3 Å². The van der Waals surface area contributed by atoms with Crippen LogP contribution in [0.4, 0.5) is 0 Å². The molecule has 1 aromatic rings. The molecule has 0 aliphatic rings. The van der Waals surface area contributed by atoms with E-state index in [1.54, 1.807) is 0 Å². The molecule has 6 N–H and O–H groups in total. The van der Waals surface area contributed by atoms with Gasteiger partial charge < -0.3 is 31.4 Å². The minimum absolute atomic E-state index is 0.0985. The van der Waals surface area contributed by atoms with Gasteiger partial charge in [-0.3, -0.25) is 14.4 Å². The summed E-state index contributed by atoms with van der Waals surface area (Å²) in [5.74, 6) is -3.38. The molecule has 1 rings (SSSR count). The van der Waals surface area contributed by atoms with E-state index in [1.807, 2.05) is 20.8 Å². The summed E-state index contributed by atoms with van der Waals surface area (Å²) in [5.41, 5.74) is 19.2. The van der Waals surface area contributed by atoms with E-state index >= 15 is 0 Å². The number of primary amides is 3. The van der Waals surface area contributed by atoms with E-state index in [9.17, 15) is 14.4 Å². The lowest BCUT2D eigenvalue weighted by molar-refractivity contribution is 0.0990. The summed E-state index contributed by atoms with van der Waals surface area (Å²) in [5, 5.41) is 0. The number of carbonyl (C=O) groups is 3. The van der Waals surface area contributed by atoms with Crippen LogP contribution in [0.5, 0.6) is 0 Å². The van der Waals surface area contributed by atoms with Gasteiger partial charge >= 0.3 is 0 Å². The maximum Gasteiger partial charge on any atom is 0.249 e. The van der Waals surface area contributed by atoms with Crippen LogP contribution in [0.2, 0.25) is 0 Å². The number of nitrogens with two attached hydrogens (primary N) is 3. The lowest BCUT2D eigenvalue weighted by atomic mass is 9.73. The van der Waals surface area contributed by atoms with Crippen molar-refractivity contribution in [2.24, 2.45) is 17.2 Å². The predicted octanol–water partition coefficient (Wildman–Crippen LogP) is 2.40. The quantitative estimate of drug-likeness (QED) is 0.361. The summed E-state index contributed by atoms with van der Waals surface area (Å²) < 4.78 is 16.2. The zero-order valence-electron chi connectivity index (χ0n) is 20.7. The van der Waals surface area contributed by atoms with Gasteiger partial charge in [0.2, 0.25) is 17.7 Å². The minimum Gasteiger partial charge on any atom is -0.384 e. The maximum absolute atomic E-state index is 12.9. The fourth-order valence-corrected chi connectivity index (χ4v) is 4.65. The Bertz CT molecular complexity index is 725. The Morgan fingerprint density at radius 3 is 0.909 bits per heavy atom. The van der Waals surface area contributed by atoms with Gasteiger partial charge in [-0.1, -0.05) is 20.8 Å². The highest BCUT2D eigenvalue weighted by atomic mass is 16.5. The highest BCUT2D eigenvalue weighted by Gasteiger charge is 2.37. The van der Waals surface area contributed by atoms with Crippen LogP contribution in [0, 0.1) is 0 Å². The second kappa shape index (κ2) is 13.3. The first-order chi connectivity index (χ1) is 15.7. The first-order valence-electron chi connectivity index (χ1n) is 11.3. The summed E-state index contributed by atoms with van der Waals surface area (Å²) in [6, 6.07) is 0. The average Bonchev–Trinajstić information content (AvgIpc) is 2.77. The number of methoxy groups -OCH3 is 3. The van der Waals surface area contributed by atoms with Gasteiger partial charge in [0.15, 0.2) is 0 Å². The smallest absolute Gasteiger partial charge is 0.249 e. The van der Waals surface area contributed by atoms with E-state index in [-0.39, 0.29) is 54.3 Å². The minimum atomic E-state index is -0.763. The van der Waals surface area contributed by atoms with Gasteiger partial charge in [0, 0.05) is 55.8 Å². The molecule has 0 radical (unpaired) electrons. The molecule has 9 heteroatoms. The van der Waals surface area contributed by atoms with Crippen LogP contribution in [0.1, 0.15) is 106 Å². The van der Waals surface area contributed by atoms with Crippen LogP contribution in [0.25, 0.3) is 0 Å². The Morgan fingerprint density at radius 1 is 0.576 bits per heavy atom. The topological polar surface area (TPSA) is 157 Å². The summed E-state index contributed by atoms with van der Waals surface area (Å²) >= 11 is 0. The summed E-state index contributed by atoms with van der Waals surface area (Å²) in [7, 11) is 4.61. The molecule has 3 unspecified atom stereocenters. The monoisotopic (exact) mass is 465 g/mol.